The quantitative estimate of drug-likeness (QED) is 0.644. The van der Waals surface area contributed by atoms with E-state index in [2.05, 4.69) is 20.0 Å². The molecule has 78 valence electrons. The number of hydrogen-bond acceptors (Lipinski definition) is 5. The van der Waals surface area contributed by atoms with Crippen LogP contribution in [0.25, 0.3) is 0 Å². The van der Waals surface area contributed by atoms with Crippen molar-refractivity contribution in [3.05, 3.63) is 18.6 Å². The summed E-state index contributed by atoms with van der Waals surface area (Å²) < 4.78 is 23.7. The van der Waals surface area contributed by atoms with Crippen molar-refractivity contribution in [3.63, 3.8) is 0 Å². The van der Waals surface area contributed by atoms with E-state index in [1.165, 1.54) is 0 Å². The van der Waals surface area contributed by atoms with Gasteiger partial charge < -0.3 is 5.32 Å². The smallest absolute Gasteiger partial charge is 0.208 e. The maximum Gasteiger partial charge on any atom is 0.208 e. The van der Waals surface area contributed by atoms with Gasteiger partial charge in [0.15, 0.2) is 0 Å². The van der Waals surface area contributed by atoms with Gasteiger partial charge in [-0.1, -0.05) is 0 Å². The largest absolute Gasteiger partial charge is 0.367 e. The zero-order chi connectivity index (χ0) is 10.4. The molecule has 0 amide bonds. The molecular formula is C7H12N4O2S. The lowest BCUT2D eigenvalue weighted by atomic mass is 10.6. The first-order chi connectivity index (χ1) is 6.58. The Labute approximate surface area is 82.8 Å². The van der Waals surface area contributed by atoms with Gasteiger partial charge in [-0.25, -0.2) is 18.1 Å². The predicted octanol–water partition coefficient (Wildman–Crippen LogP) is -0.562. The fourth-order valence-corrected chi connectivity index (χ4v) is 1.29. The highest BCUT2D eigenvalue weighted by atomic mass is 32.2. The fraction of sp³-hybridized carbons (Fsp3) is 0.429. The Morgan fingerprint density at radius 3 is 2.71 bits per heavy atom. The molecule has 0 fully saturated rings. The molecule has 0 aliphatic heterocycles. The molecule has 0 atom stereocenters. The Balaban J connectivity index is 2.23. The topological polar surface area (TPSA) is 84.0 Å². The molecule has 0 unspecified atom stereocenters. The van der Waals surface area contributed by atoms with Crippen molar-refractivity contribution in [2.24, 2.45) is 0 Å². The number of nitrogens with zero attached hydrogens (tertiary/aromatic N) is 2. The van der Waals surface area contributed by atoms with E-state index in [0.717, 1.165) is 6.26 Å². The molecule has 1 rings (SSSR count). The van der Waals surface area contributed by atoms with Gasteiger partial charge in [0.05, 0.1) is 12.5 Å². The zero-order valence-electron chi connectivity index (χ0n) is 7.77. The lowest BCUT2D eigenvalue weighted by Crippen LogP contribution is -2.27. The van der Waals surface area contributed by atoms with E-state index in [1.54, 1.807) is 18.6 Å². The van der Waals surface area contributed by atoms with Crippen LogP contribution in [-0.2, 0) is 10.0 Å². The van der Waals surface area contributed by atoms with E-state index in [4.69, 9.17) is 0 Å². The Hall–Kier alpha value is -1.21. The molecule has 1 heterocycles. The van der Waals surface area contributed by atoms with Gasteiger partial charge in [0.2, 0.25) is 10.0 Å². The molecule has 0 saturated heterocycles. The van der Waals surface area contributed by atoms with Gasteiger partial charge in [-0.15, -0.1) is 0 Å². The van der Waals surface area contributed by atoms with Gasteiger partial charge in [0, 0.05) is 25.5 Å². The average molecular weight is 216 g/mol. The Morgan fingerprint density at radius 1 is 1.36 bits per heavy atom. The van der Waals surface area contributed by atoms with Crippen molar-refractivity contribution in [1.29, 1.82) is 0 Å². The van der Waals surface area contributed by atoms with Crippen LogP contribution < -0.4 is 10.0 Å². The van der Waals surface area contributed by atoms with Crippen LogP contribution in [0, 0.1) is 0 Å². The maximum atomic E-state index is 10.7. The van der Waals surface area contributed by atoms with Crippen molar-refractivity contribution in [2.75, 3.05) is 24.7 Å². The molecule has 0 aliphatic carbocycles. The highest BCUT2D eigenvalue weighted by Gasteiger charge is 1.98. The van der Waals surface area contributed by atoms with E-state index in [9.17, 15) is 8.42 Å². The number of anilines is 1. The Morgan fingerprint density at radius 2 is 2.14 bits per heavy atom. The molecule has 14 heavy (non-hydrogen) atoms. The molecule has 1 aromatic rings. The van der Waals surface area contributed by atoms with Crippen LogP contribution >= 0.6 is 0 Å². The second kappa shape index (κ2) is 4.87. The lowest BCUT2D eigenvalue weighted by Gasteiger charge is -2.04. The molecule has 0 saturated carbocycles. The number of sulfonamides is 1. The van der Waals surface area contributed by atoms with Crippen molar-refractivity contribution < 1.29 is 8.42 Å². The summed E-state index contributed by atoms with van der Waals surface area (Å²) in [6.07, 6.45) is 5.82. The summed E-state index contributed by atoms with van der Waals surface area (Å²) >= 11 is 0. The van der Waals surface area contributed by atoms with Crippen LogP contribution in [0.15, 0.2) is 18.6 Å². The molecule has 1 aromatic heterocycles. The first kappa shape index (κ1) is 10.9. The predicted molar refractivity (Wildman–Crippen MR) is 53.4 cm³/mol. The van der Waals surface area contributed by atoms with E-state index in [0.29, 0.717) is 18.9 Å². The summed E-state index contributed by atoms with van der Waals surface area (Å²) in [7, 11) is -3.10. The minimum absolute atomic E-state index is 0.329. The van der Waals surface area contributed by atoms with Gasteiger partial charge in [0.1, 0.15) is 5.82 Å². The summed E-state index contributed by atoms with van der Waals surface area (Å²) in [5.74, 6) is 0.628. The summed E-state index contributed by atoms with van der Waals surface area (Å²) in [6, 6.07) is 0. The van der Waals surface area contributed by atoms with Crippen LogP contribution in [0.2, 0.25) is 0 Å². The normalized spacial score (nSPS) is 11.2. The molecular weight excluding hydrogens is 204 g/mol. The molecule has 6 nitrogen and oxygen atoms in total. The zero-order valence-corrected chi connectivity index (χ0v) is 8.58. The van der Waals surface area contributed by atoms with Crippen molar-refractivity contribution in [2.45, 2.75) is 0 Å². The third-order valence-corrected chi connectivity index (χ3v) is 2.09. The Kier molecular flexibility index (Phi) is 3.78. The van der Waals surface area contributed by atoms with Crippen LogP contribution in [0.4, 0.5) is 5.82 Å². The van der Waals surface area contributed by atoms with E-state index in [1.807, 2.05) is 0 Å². The third-order valence-electron chi connectivity index (χ3n) is 1.36. The number of nitrogens with one attached hydrogen (secondary N) is 2. The van der Waals surface area contributed by atoms with Crippen LogP contribution in [0.1, 0.15) is 0 Å². The minimum Gasteiger partial charge on any atom is -0.367 e. The standard InChI is InChI=1S/C7H12N4O2S/c1-14(12,13)11-5-4-10-7-6-8-2-3-9-7/h2-3,6,11H,4-5H2,1H3,(H,9,10). The summed E-state index contributed by atoms with van der Waals surface area (Å²) in [6.45, 7) is 0.807. The molecule has 0 aliphatic rings. The first-order valence-corrected chi connectivity index (χ1v) is 5.91. The summed E-state index contributed by atoms with van der Waals surface area (Å²) in [5, 5.41) is 2.92. The van der Waals surface area contributed by atoms with E-state index >= 15 is 0 Å². The van der Waals surface area contributed by atoms with Crippen molar-refractivity contribution >= 4 is 15.8 Å². The van der Waals surface area contributed by atoms with E-state index in [-0.39, 0.29) is 0 Å². The van der Waals surface area contributed by atoms with Crippen LogP contribution in [0.5, 0.6) is 0 Å². The highest BCUT2D eigenvalue weighted by Crippen LogP contribution is 1.94. The first-order valence-electron chi connectivity index (χ1n) is 4.02. The van der Waals surface area contributed by atoms with Crippen LogP contribution in [0.3, 0.4) is 0 Å². The molecule has 2 N–H and O–H groups in total. The third kappa shape index (κ3) is 4.73. The van der Waals surface area contributed by atoms with E-state index < -0.39 is 10.0 Å². The molecule has 0 aromatic carbocycles. The molecule has 7 heteroatoms. The molecule has 0 spiro atoms. The molecule has 0 bridgehead atoms. The van der Waals surface area contributed by atoms with Crippen LogP contribution in [-0.4, -0.2) is 37.7 Å². The van der Waals surface area contributed by atoms with Gasteiger partial charge >= 0.3 is 0 Å². The summed E-state index contributed by atoms with van der Waals surface area (Å²) in [4.78, 5) is 7.81. The number of hydrogen-bond donors (Lipinski definition) is 2. The van der Waals surface area contributed by atoms with Crippen molar-refractivity contribution in [1.82, 2.24) is 14.7 Å². The monoisotopic (exact) mass is 216 g/mol. The minimum atomic E-state index is -3.10. The molecule has 0 radical (unpaired) electrons. The summed E-state index contributed by atoms with van der Waals surface area (Å²) in [5.41, 5.74) is 0. The average Bonchev–Trinajstić information content (AvgIpc) is 2.13. The van der Waals surface area contributed by atoms with Gasteiger partial charge in [-0.3, -0.25) is 4.98 Å². The van der Waals surface area contributed by atoms with Gasteiger partial charge in [0.25, 0.3) is 0 Å². The van der Waals surface area contributed by atoms with Gasteiger partial charge in [-0.2, -0.15) is 0 Å². The highest BCUT2D eigenvalue weighted by molar-refractivity contribution is 7.88. The SMILES string of the molecule is CS(=O)(=O)NCCNc1cnccn1. The van der Waals surface area contributed by atoms with Gasteiger partial charge in [-0.05, 0) is 0 Å². The second-order valence-electron chi connectivity index (χ2n) is 2.68. The number of rotatable bonds is 5. The number of aromatic nitrogens is 2. The lowest BCUT2D eigenvalue weighted by molar-refractivity contribution is 0.589. The second-order valence-corrected chi connectivity index (χ2v) is 4.52. The maximum absolute atomic E-state index is 10.7. The Bertz CT molecular complexity index is 365. The van der Waals surface area contributed by atoms with Crippen molar-refractivity contribution in [3.8, 4) is 0 Å². The fourth-order valence-electron chi connectivity index (χ4n) is 0.817.